The van der Waals surface area contributed by atoms with Gasteiger partial charge in [0.1, 0.15) is 5.76 Å². The first-order valence-corrected chi connectivity index (χ1v) is 8.16. The summed E-state index contributed by atoms with van der Waals surface area (Å²) in [5.41, 5.74) is 0. The van der Waals surface area contributed by atoms with Crippen LogP contribution in [0.2, 0.25) is 0 Å². The Morgan fingerprint density at radius 2 is 1.53 bits per heavy atom. The van der Waals surface area contributed by atoms with Gasteiger partial charge in [-0.25, -0.2) is 0 Å². The number of unbranched alkanes of at least 4 members (excludes halogenated alkanes) is 9. The molecule has 1 N–H and O–H groups in total. The van der Waals surface area contributed by atoms with Gasteiger partial charge in [-0.3, -0.25) is 0 Å². The maximum absolute atomic E-state index is 5.27. The molecule has 0 spiro atoms. The SMILES string of the molecule is CCCCCCCCCCCCNCc1ccco1. The van der Waals surface area contributed by atoms with Gasteiger partial charge in [0.15, 0.2) is 0 Å². The van der Waals surface area contributed by atoms with Crippen LogP contribution in [0.1, 0.15) is 76.9 Å². The van der Waals surface area contributed by atoms with Crippen LogP contribution >= 0.6 is 0 Å². The van der Waals surface area contributed by atoms with E-state index in [0.717, 1.165) is 18.8 Å². The Balaban J connectivity index is 1.72. The molecule has 2 nitrogen and oxygen atoms in total. The van der Waals surface area contributed by atoms with Crippen LogP contribution in [-0.2, 0) is 6.54 Å². The number of nitrogens with one attached hydrogen (secondary N) is 1. The molecule has 0 aromatic carbocycles. The third-order valence-corrected chi connectivity index (χ3v) is 3.59. The van der Waals surface area contributed by atoms with Crippen LogP contribution in [0, 0.1) is 0 Å². The van der Waals surface area contributed by atoms with Crippen molar-refractivity contribution in [3.63, 3.8) is 0 Å². The van der Waals surface area contributed by atoms with E-state index in [4.69, 9.17) is 4.42 Å². The summed E-state index contributed by atoms with van der Waals surface area (Å²) >= 11 is 0. The Kier molecular flexibility index (Phi) is 10.5. The Morgan fingerprint density at radius 3 is 2.11 bits per heavy atom. The molecule has 0 amide bonds. The van der Waals surface area contributed by atoms with Crippen molar-refractivity contribution in [2.75, 3.05) is 6.54 Å². The summed E-state index contributed by atoms with van der Waals surface area (Å²) in [5, 5.41) is 3.42. The normalized spacial score (nSPS) is 11.0. The average molecular weight is 265 g/mol. The Morgan fingerprint density at radius 1 is 0.895 bits per heavy atom. The van der Waals surface area contributed by atoms with Crippen LogP contribution in [0.3, 0.4) is 0 Å². The van der Waals surface area contributed by atoms with Gasteiger partial charge in [-0.05, 0) is 25.1 Å². The molecule has 0 atom stereocenters. The summed E-state index contributed by atoms with van der Waals surface area (Å²) in [6.07, 6.45) is 15.7. The van der Waals surface area contributed by atoms with E-state index in [2.05, 4.69) is 12.2 Å². The van der Waals surface area contributed by atoms with Crippen molar-refractivity contribution in [3.05, 3.63) is 24.2 Å². The number of rotatable bonds is 13. The van der Waals surface area contributed by atoms with Crippen molar-refractivity contribution in [2.45, 2.75) is 77.7 Å². The second-order valence-electron chi connectivity index (χ2n) is 5.44. The summed E-state index contributed by atoms with van der Waals surface area (Å²) in [5.74, 6) is 1.03. The maximum atomic E-state index is 5.27. The first-order valence-electron chi connectivity index (χ1n) is 8.16. The van der Waals surface area contributed by atoms with Crippen LogP contribution in [-0.4, -0.2) is 6.54 Å². The van der Waals surface area contributed by atoms with Crippen LogP contribution in [0.4, 0.5) is 0 Å². The van der Waals surface area contributed by atoms with Gasteiger partial charge < -0.3 is 9.73 Å². The quantitative estimate of drug-likeness (QED) is 0.490. The molecule has 0 saturated heterocycles. The fourth-order valence-electron chi connectivity index (χ4n) is 2.36. The molecule has 0 aliphatic carbocycles. The third-order valence-electron chi connectivity index (χ3n) is 3.59. The van der Waals surface area contributed by atoms with Crippen LogP contribution in [0.5, 0.6) is 0 Å². The Hall–Kier alpha value is -0.760. The first kappa shape index (κ1) is 16.3. The predicted octanol–water partition coefficient (Wildman–Crippen LogP) is 5.29. The van der Waals surface area contributed by atoms with E-state index in [0.29, 0.717) is 0 Å². The van der Waals surface area contributed by atoms with E-state index in [1.807, 2.05) is 12.1 Å². The van der Waals surface area contributed by atoms with Crippen molar-refractivity contribution in [2.24, 2.45) is 0 Å². The minimum Gasteiger partial charge on any atom is -0.468 e. The lowest BCUT2D eigenvalue weighted by atomic mass is 10.1. The molecule has 0 radical (unpaired) electrons. The van der Waals surface area contributed by atoms with Crippen molar-refractivity contribution in [1.82, 2.24) is 5.32 Å². The highest BCUT2D eigenvalue weighted by Crippen LogP contribution is 2.10. The van der Waals surface area contributed by atoms with Gasteiger partial charge in [-0.1, -0.05) is 64.7 Å². The fourth-order valence-corrected chi connectivity index (χ4v) is 2.36. The van der Waals surface area contributed by atoms with E-state index in [1.165, 1.54) is 64.2 Å². The van der Waals surface area contributed by atoms with Crippen molar-refractivity contribution < 1.29 is 4.42 Å². The monoisotopic (exact) mass is 265 g/mol. The van der Waals surface area contributed by atoms with Crippen LogP contribution in [0.25, 0.3) is 0 Å². The van der Waals surface area contributed by atoms with E-state index >= 15 is 0 Å². The summed E-state index contributed by atoms with van der Waals surface area (Å²) in [6, 6.07) is 3.96. The lowest BCUT2D eigenvalue weighted by molar-refractivity contribution is 0.475. The van der Waals surface area contributed by atoms with E-state index in [-0.39, 0.29) is 0 Å². The molecule has 0 unspecified atom stereocenters. The molecule has 0 fully saturated rings. The highest BCUT2D eigenvalue weighted by Gasteiger charge is 1.95. The Labute approximate surface area is 119 Å². The molecular formula is C17H31NO. The van der Waals surface area contributed by atoms with Crippen LogP contribution in [0.15, 0.2) is 22.8 Å². The zero-order chi connectivity index (χ0) is 13.6. The second kappa shape index (κ2) is 12.3. The van der Waals surface area contributed by atoms with Crippen LogP contribution < -0.4 is 5.32 Å². The minimum atomic E-state index is 0.866. The molecule has 2 heteroatoms. The molecule has 1 rings (SSSR count). The molecule has 1 aromatic heterocycles. The largest absolute Gasteiger partial charge is 0.468 e. The predicted molar refractivity (Wildman–Crippen MR) is 82.3 cm³/mol. The average Bonchev–Trinajstić information content (AvgIpc) is 2.93. The fraction of sp³-hybridized carbons (Fsp3) is 0.765. The smallest absolute Gasteiger partial charge is 0.117 e. The molecule has 0 saturated carbocycles. The third kappa shape index (κ3) is 9.77. The lowest BCUT2D eigenvalue weighted by Crippen LogP contribution is -2.14. The van der Waals surface area contributed by atoms with Gasteiger partial charge in [0, 0.05) is 0 Å². The standard InChI is InChI=1S/C17H31NO/c1-2-3-4-5-6-7-8-9-10-11-14-18-16-17-13-12-15-19-17/h12-13,15,18H,2-11,14,16H2,1H3. The van der Waals surface area contributed by atoms with Gasteiger partial charge in [-0.15, -0.1) is 0 Å². The summed E-state index contributed by atoms with van der Waals surface area (Å²) < 4.78 is 5.27. The van der Waals surface area contributed by atoms with Gasteiger partial charge in [0.05, 0.1) is 12.8 Å². The van der Waals surface area contributed by atoms with Gasteiger partial charge in [-0.2, -0.15) is 0 Å². The van der Waals surface area contributed by atoms with Gasteiger partial charge in [0.25, 0.3) is 0 Å². The molecule has 0 aliphatic heterocycles. The van der Waals surface area contributed by atoms with Crippen molar-refractivity contribution >= 4 is 0 Å². The number of furan rings is 1. The highest BCUT2D eigenvalue weighted by molar-refractivity contribution is 4.97. The highest BCUT2D eigenvalue weighted by atomic mass is 16.3. The molecule has 0 aliphatic rings. The summed E-state index contributed by atoms with van der Waals surface area (Å²) in [7, 11) is 0. The number of hydrogen-bond donors (Lipinski definition) is 1. The zero-order valence-electron chi connectivity index (χ0n) is 12.6. The molecule has 0 bridgehead atoms. The van der Waals surface area contributed by atoms with E-state index in [9.17, 15) is 0 Å². The molecule has 110 valence electrons. The first-order chi connectivity index (χ1) is 9.43. The van der Waals surface area contributed by atoms with E-state index in [1.54, 1.807) is 6.26 Å². The zero-order valence-corrected chi connectivity index (χ0v) is 12.6. The Bertz CT molecular complexity index is 269. The van der Waals surface area contributed by atoms with Crippen molar-refractivity contribution in [1.29, 1.82) is 0 Å². The second-order valence-corrected chi connectivity index (χ2v) is 5.44. The topological polar surface area (TPSA) is 25.2 Å². The molecule has 1 heterocycles. The molecule has 1 aromatic rings. The minimum absolute atomic E-state index is 0.866. The van der Waals surface area contributed by atoms with Gasteiger partial charge >= 0.3 is 0 Å². The summed E-state index contributed by atoms with van der Waals surface area (Å²) in [4.78, 5) is 0. The molecular weight excluding hydrogens is 234 g/mol. The molecule has 19 heavy (non-hydrogen) atoms. The summed E-state index contributed by atoms with van der Waals surface area (Å²) in [6.45, 7) is 4.25. The number of hydrogen-bond acceptors (Lipinski definition) is 2. The lowest BCUT2D eigenvalue weighted by Gasteiger charge is -2.03. The van der Waals surface area contributed by atoms with E-state index < -0.39 is 0 Å². The van der Waals surface area contributed by atoms with Gasteiger partial charge in [0.2, 0.25) is 0 Å². The van der Waals surface area contributed by atoms with Crippen molar-refractivity contribution in [3.8, 4) is 0 Å². The maximum Gasteiger partial charge on any atom is 0.117 e.